The van der Waals surface area contributed by atoms with Crippen LogP contribution in [0.15, 0.2) is 57.9 Å². The van der Waals surface area contributed by atoms with Gasteiger partial charge >= 0.3 is 0 Å². The first-order chi connectivity index (χ1) is 13.7. The van der Waals surface area contributed by atoms with Crippen LogP contribution in [0.4, 0.5) is 11.4 Å². The summed E-state index contributed by atoms with van der Waals surface area (Å²) in [6.07, 6.45) is 0. The second kappa shape index (κ2) is 8.26. The summed E-state index contributed by atoms with van der Waals surface area (Å²) in [5.41, 5.74) is 1.79. The first-order valence-electron chi connectivity index (χ1n) is 8.44. The molecule has 8 nitrogen and oxygen atoms in total. The van der Waals surface area contributed by atoms with E-state index in [9.17, 15) is 13.2 Å². The molecule has 1 aromatic heterocycles. The highest BCUT2D eigenvalue weighted by molar-refractivity contribution is 9.10. The molecule has 0 unspecified atom stereocenters. The van der Waals surface area contributed by atoms with Gasteiger partial charge in [0.2, 0.25) is 0 Å². The Morgan fingerprint density at radius 2 is 1.76 bits per heavy atom. The molecule has 0 atom stereocenters. The molecule has 3 aromatic rings. The number of hydrogen-bond acceptors (Lipinski definition) is 5. The monoisotopic (exact) mass is 477 g/mol. The van der Waals surface area contributed by atoms with Crippen molar-refractivity contribution in [3.8, 4) is 5.75 Å². The zero-order valence-electron chi connectivity index (χ0n) is 15.9. The molecule has 3 rings (SSSR count). The van der Waals surface area contributed by atoms with Crippen molar-refractivity contribution in [2.45, 2.75) is 11.8 Å². The molecule has 0 spiro atoms. The van der Waals surface area contributed by atoms with Crippen LogP contribution in [0.1, 0.15) is 16.2 Å². The Kier molecular flexibility index (Phi) is 5.94. The number of amides is 1. The number of halogens is 1. The van der Waals surface area contributed by atoms with Crippen LogP contribution in [0.3, 0.4) is 0 Å². The Bertz CT molecular complexity index is 1140. The summed E-state index contributed by atoms with van der Waals surface area (Å²) in [5, 5.41) is 6.86. The number of benzene rings is 2. The van der Waals surface area contributed by atoms with Crippen molar-refractivity contribution < 1.29 is 17.9 Å². The van der Waals surface area contributed by atoms with Crippen LogP contribution >= 0.6 is 15.9 Å². The standard InChI is InChI=1S/C19H18BrN4O4S/c1-12-17(20)18(22-24(12)2)19(25)21-13-6-10-16(11-7-13)29(26,27)23-14-4-8-15(28-3)9-5-14/h4-11H,1-3H3,(H,21,25)/q-1. The van der Waals surface area contributed by atoms with E-state index in [4.69, 9.17) is 4.74 Å². The largest absolute Gasteiger partial charge is 0.573 e. The molecule has 10 heteroatoms. The van der Waals surface area contributed by atoms with Crippen LogP contribution < -0.4 is 10.1 Å². The van der Waals surface area contributed by atoms with Gasteiger partial charge in [0.05, 0.1) is 22.2 Å². The van der Waals surface area contributed by atoms with Gasteiger partial charge in [-0.15, -0.1) is 5.69 Å². The van der Waals surface area contributed by atoms with E-state index in [-0.39, 0.29) is 10.6 Å². The molecule has 0 aliphatic rings. The van der Waals surface area contributed by atoms with Crippen LogP contribution in [0.5, 0.6) is 5.75 Å². The minimum atomic E-state index is -3.89. The molecule has 29 heavy (non-hydrogen) atoms. The lowest BCUT2D eigenvalue weighted by molar-refractivity contribution is 0.102. The van der Waals surface area contributed by atoms with Gasteiger partial charge in [-0.05, 0) is 59.3 Å². The molecule has 1 amide bonds. The van der Waals surface area contributed by atoms with Crippen molar-refractivity contribution in [2.24, 2.45) is 7.05 Å². The van der Waals surface area contributed by atoms with Crippen molar-refractivity contribution in [3.63, 3.8) is 0 Å². The van der Waals surface area contributed by atoms with Gasteiger partial charge in [-0.3, -0.25) is 9.48 Å². The molecule has 2 aromatic carbocycles. The fraction of sp³-hybridized carbons (Fsp3) is 0.158. The third-order valence-corrected chi connectivity index (χ3v) is 6.45. The molecular formula is C19H18BrN4O4S-. The molecule has 1 heterocycles. The summed E-state index contributed by atoms with van der Waals surface area (Å²) in [4.78, 5) is 12.4. The lowest BCUT2D eigenvalue weighted by Gasteiger charge is -2.22. The highest BCUT2D eigenvalue weighted by Crippen LogP contribution is 2.30. The first kappa shape index (κ1) is 20.9. The number of aromatic nitrogens is 2. The lowest BCUT2D eigenvalue weighted by atomic mass is 10.3. The van der Waals surface area contributed by atoms with Crippen molar-refractivity contribution in [3.05, 3.63) is 69.1 Å². The number of carbonyl (C=O) groups excluding carboxylic acids is 1. The number of sulfonamides is 1. The number of nitrogens with one attached hydrogen (secondary N) is 1. The average molecular weight is 478 g/mol. The molecule has 0 saturated heterocycles. The van der Waals surface area contributed by atoms with Gasteiger partial charge in [0.25, 0.3) is 5.91 Å². The number of rotatable bonds is 6. The summed E-state index contributed by atoms with van der Waals surface area (Å²) < 4.78 is 36.0. The van der Waals surface area contributed by atoms with Crippen molar-refractivity contribution in [2.75, 3.05) is 12.4 Å². The fourth-order valence-corrected chi connectivity index (χ4v) is 3.96. The number of ether oxygens (including phenoxy) is 1. The van der Waals surface area contributed by atoms with Crippen LogP contribution in [-0.4, -0.2) is 31.2 Å². The second-order valence-corrected chi connectivity index (χ2v) is 8.51. The maximum atomic E-state index is 12.5. The van der Waals surface area contributed by atoms with Gasteiger partial charge in [-0.2, -0.15) is 5.10 Å². The third kappa shape index (κ3) is 4.60. The number of nitrogens with zero attached hydrogens (tertiary/aromatic N) is 3. The van der Waals surface area contributed by atoms with Crippen molar-refractivity contribution in [1.82, 2.24) is 9.78 Å². The van der Waals surface area contributed by atoms with Crippen LogP contribution in [0.2, 0.25) is 0 Å². The van der Waals surface area contributed by atoms with E-state index in [1.807, 2.05) is 6.92 Å². The Labute approximate surface area is 177 Å². The quantitative estimate of drug-likeness (QED) is 0.573. The summed E-state index contributed by atoms with van der Waals surface area (Å²) in [6, 6.07) is 12.1. The maximum Gasteiger partial charge on any atom is 0.277 e. The number of aryl methyl sites for hydroxylation is 1. The van der Waals surface area contributed by atoms with E-state index in [1.165, 1.54) is 31.4 Å². The minimum Gasteiger partial charge on any atom is -0.573 e. The molecule has 0 radical (unpaired) electrons. The summed E-state index contributed by atoms with van der Waals surface area (Å²) in [6.45, 7) is 1.83. The number of methoxy groups -OCH3 is 1. The van der Waals surface area contributed by atoms with Crippen LogP contribution in [0, 0.1) is 6.92 Å². The highest BCUT2D eigenvalue weighted by Gasteiger charge is 2.18. The molecule has 152 valence electrons. The van der Waals surface area contributed by atoms with Gasteiger partial charge in [0, 0.05) is 12.7 Å². The summed E-state index contributed by atoms with van der Waals surface area (Å²) in [5.74, 6) is 0.204. The zero-order chi connectivity index (χ0) is 21.2. The number of anilines is 1. The smallest absolute Gasteiger partial charge is 0.277 e. The van der Waals surface area contributed by atoms with Crippen molar-refractivity contribution >= 4 is 43.2 Å². The number of carbonyl (C=O) groups is 1. The fourth-order valence-electron chi connectivity index (χ4n) is 2.46. The third-order valence-electron chi connectivity index (χ3n) is 4.18. The van der Waals surface area contributed by atoms with Gasteiger partial charge < -0.3 is 14.8 Å². The van der Waals surface area contributed by atoms with Gasteiger partial charge in [-0.1, -0.05) is 12.1 Å². The van der Waals surface area contributed by atoms with Crippen LogP contribution in [0.25, 0.3) is 4.72 Å². The van der Waals surface area contributed by atoms with Gasteiger partial charge in [-0.25, -0.2) is 8.42 Å². The normalized spacial score (nSPS) is 11.2. The number of hydrogen-bond donors (Lipinski definition) is 1. The van der Waals surface area contributed by atoms with E-state index in [2.05, 4.69) is 31.1 Å². The Balaban J connectivity index is 1.73. The Hall–Kier alpha value is -2.85. The summed E-state index contributed by atoms with van der Waals surface area (Å²) >= 11 is 3.35. The summed E-state index contributed by atoms with van der Waals surface area (Å²) in [7, 11) is -0.627. The molecule has 0 aliphatic carbocycles. The van der Waals surface area contributed by atoms with Gasteiger partial charge in [0.15, 0.2) is 5.69 Å². The second-order valence-electron chi connectivity index (χ2n) is 6.11. The molecule has 0 bridgehead atoms. The molecular weight excluding hydrogens is 460 g/mol. The van der Waals surface area contributed by atoms with Gasteiger partial charge in [0.1, 0.15) is 15.8 Å². The first-order valence-corrected chi connectivity index (χ1v) is 10.7. The van der Waals surface area contributed by atoms with E-state index >= 15 is 0 Å². The van der Waals surface area contributed by atoms with E-state index in [0.29, 0.717) is 21.6 Å². The Morgan fingerprint density at radius 3 is 2.28 bits per heavy atom. The molecule has 0 aliphatic heterocycles. The predicted molar refractivity (Wildman–Crippen MR) is 113 cm³/mol. The highest BCUT2D eigenvalue weighted by atomic mass is 79.9. The molecule has 0 saturated carbocycles. The maximum absolute atomic E-state index is 12.5. The molecule has 0 fully saturated rings. The van der Waals surface area contributed by atoms with Crippen molar-refractivity contribution in [1.29, 1.82) is 0 Å². The molecule has 1 N–H and O–H groups in total. The SMILES string of the molecule is COc1ccc([N-]S(=O)(=O)c2ccc(NC(=O)c3nn(C)c(C)c3Br)cc2)cc1. The van der Waals surface area contributed by atoms with E-state index in [1.54, 1.807) is 36.0 Å². The van der Waals surface area contributed by atoms with Crippen LogP contribution in [-0.2, 0) is 17.1 Å². The zero-order valence-corrected chi connectivity index (χ0v) is 18.3. The predicted octanol–water partition coefficient (Wildman–Crippen LogP) is 4.15. The Morgan fingerprint density at radius 1 is 1.14 bits per heavy atom. The minimum absolute atomic E-state index is 0.0150. The van der Waals surface area contributed by atoms with E-state index in [0.717, 1.165) is 5.69 Å². The average Bonchev–Trinajstić information content (AvgIpc) is 2.96. The van der Waals surface area contributed by atoms with E-state index < -0.39 is 15.9 Å². The lowest BCUT2D eigenvalue weighted by Crippen LogP contribution is -2.13. The topological polar surface area (TPSA) is 104 Å².